The zero-order valence-electron chi connectivity index (χ0n) is 9.88. The maximum absolute atomic E-state index is 11.3. The molecule has 0 aromatic carbocycles. The first-order valence-electron chi connectivity index (χ1n) is 5.29. The number of thiazole rings is 1. The molecule has 1 heterocycles. The van der Waals surface area contributed by atoms with Gasteiger partial charge in [0.25, 0.3) is 0 Å². The average Bonchev–Trinajstić information content (AvgIpc) is 2.81. The third kappa shape index (κ3) is 3.85. The quantitative estimate of drug-likeness (QED) is 0.769. The van der Waals surface area contributed by atoms with Crippen LogP contribution in [0.4, 0.5) is 4.79 Å². The smallest absolute Gasteiger partial charge is 0.408 e. The Morgan fingerprint density at radius 1 is 1.72 bits per heavy atom. The minimum absolute atomic E-state index is 0.0233. The first kappa shape index (κ1) is 14.2. The summed E-state index contributed by atoms with van der Waals surface area (Å²) in [6, 6.07) is -1.20. The highest BCUT2D eigenvalue weighted by atomic mass is 32.1. The topological polar surface area (TPSA) is 88.5 Å². The van der Waals surface area contributed by atoms with Gasteiger partial charge in [-0.1, -0.05) is 19.6 Å². The van der Waals surface area contributed by atoms with Crippen molar-refractivity contribution in [2.75, 3.05) is 6.61 Å². The summed E-state index contributed by atoms with van der Waals surface area (Å²) in [6.45, 7) is 5.33. The molecule has 0 aliphatic heterocycles. The lowest BCUT2D eigenvalue weighted by atomic mass is 10.2. The number of rotatable bonds is 6. The van der Waals surface area contributed by atoms with Crippen molar-refractivity contribution < 1.29 is 19.4 Å². The number of nitrogens with zero attached hydrogens (tertiary/aromatic N) is 1. The minimum Gasteiger partial charge on any atom is -0.479 e. The van der Waals surface area contributed by atoms with Crippen LogP contribution in [0.3, 0.4) is 0 Å². The summed E-state index contributed by atoms with van der Waals surface area (Å²) < 4.78 is 4.67. The molecular weight excluding hydrogens is 256 g/mol. The van der Waals surface area contributed by atoms with Crippen molar-refractivity contribution in [1.29, 1.82) is 0 Å². The Morgan fingerprint density at radius 2 is 2.44 bits per heavy atom. The maximum atomic E-state index is 11.3. The molecule has 1 unspecified atom stereocenters. The predicted octanol–water partition coefficient (Wildman–Crippen LogP) is 1.74. The second kappa shape index (κ2) is 6.75. The molecule has 0 saturated heterocycles. The average molecular weight is 270 g/mol. The van der Waals surface area contributed by atoms with Gasteiger partial charge in [0.05, 0.1) is 10.7 Å². The lowest BCUT2D eigenvalue weighted by Crippen LogP contribution is -2.34. The van der Waals surface area contributed by atoms with Gasteiger partial charge in [-0.2, -0.15) is 0 Å². The third-order valence-electron chi connectivity index (χ3n) is 2.01. The molecule has 0 fully saturated rings. The SMILES string of the molecule is C=CCOC(=O)NC(C(=O)O)c1csc(CC)n1. The summed E-state index contributed by atoms with van der Waals surface area (Å²) in [5.41, 5.74) is 0.305. The number of amides is 1. The largest absolute Gasteiger partial charge is 0.479 e. The van der Waals surface area contributed by atoms with Gasteiger partial charge in [0.15, 0.2) is 6.04 Å². The number of ether oxygens (including phenoxy) is 1. The van der Waals surface area contributed by atoms with Gasteiger partial charge in [-0.25, -0.2) is 14.6 Å². The Kier molecular flexibility index (Phi) is 5.31. The van der Waals surface area contributed by atoms with Crippen LogP contribution in [0.2, 0.25) is 0 Å². The van der Waals surface area contributed by atoms with Crippen LogP contribution in [-0.4, -0.2) is 28.8 Å². The lowest BCUT2D eigenvalue weighted by molar-refractivity contribution is -0.139. The van der Waals surface area contributed by atoms with Crippen molar-refractivity contribution >= 4 is 23.4 Å². The van der Waals surface area contributed by atoms with Crippen LogP contribution in [0, 0.1) is 0 Å². The number of aliphatic carboxylic acids is 1. The molecule has 1 amide bonds. The van der Waals surface area contributed by atoms with E-state index in [9.17, 15) is 9.59 Å². The van der Waals surface area contributed by atoms with E-state index in [0.29, 0.717) is 5.69 Å². The number of carboxylic acid groups (broad SMARTS) is 1. The van der Waals surface area contributed by atoms with Gasteiger partial charge < -0.3 is 15.2 Å². The van der Waals surface area contributed by atoms with Crippen LogP contribution in [0.25, 0.3) is 0 Å². The molecule has 0 spiro atoms. The van der Waals surface area contributed by atoms with E-state index in [2.05, 4.69) is 21.6 Å². The molecule has 7 heteroatoms. The zero-order valence-corrected chi connectivity index (χ0v) is 10.7. The summed E-state index contributed by atoms with van der Waals surface area (Å²) in [6.07, 6.45) is 1.30. The fourth-order valence-corrected chi connectivity index (χ4v) is 1.95. The highest BCUT2D eigenvalue weighted by Crippen LogP contribution is 2.17. The Balaban J connectivity index is 2.73. The van der Waals surface area contributed by atoms with E-state index in [1.165, 1.54) is 17.4 Å². The summed E-state index contributed by atoms with van der Waals surface area (Å²) >= 11 is 1.36. The highest BCUT2D eigenvalue weighted by Gasteiger charge is 2.25. The van der Waals surface area contributed by atoms with Crippen LogP contribution in [0.15, 0.2) is 18.0 Å². The van der Waals surface area contributed by atoms with E-state index < -0.39 is 18.1 Å². The van der Waals surface area contributed by atoms with Crippen LogP contribution >= 0.6 is 11.3 Å². The van der Waals surface area contributed by atoms with E-state index in [1.54, 1.807) is 5.38 Å². The second-order valence-electron chi connectivity index (χ2n) is 3.32. The summed E-state index contributed by atoms with van der Waals surface area (Å²) in [5.74, 6) is -1.18. The maximum Gasteiger partial charge on any atom is 0.408 e. The molecule has 6 nitrogen and oxygen atoms in total. The predicted molar refractivity (Wildman–Crippen MR) is 66.5 cm³/mol. The molecule has 0 bridgehead atoms. The Labute approximate surface area is 108 Å². The molecule has 1 rings (SSSR count). The van der Waals surface area contributed by atoms with Crippen molar-refractivity contribution in [3.05, 3.63) is 28.7 Å². The van der Waals surface area contributed by atoms with Crippen LogP contribution in [-0.2, 0) is 16.0 Å². The van der Waals surface area contributed by atoms with E-state index >= 15 is 0 Å². The number of carbonyl (C=O) groups is 2. The summed E-state index contributed by atoms with van der Waals surface area (Å²) in [5, 5.41) is 13.7. The fraction of sp³-hybridized carbons (Fsp3) is 0.364. The summed E-state index contributed by atoms with van der Waals surface area (Å²) in [7, 11) is 0. The normalized spacial score (nSPS) is 11.6. The van der Waals surface area contributed by atoms with Gasteiger partial charge in [0.1, 0.15) is 6.61 Å². The van der Waals surface area contributed by atoms with Gasteiger partial charge in [-0.3, -0.25) is 0 Å². The van der Waals surface area contributed by atoms with Gasteiger partial charge in [0.2, 0.25) is 0 Å². The Hall–Kier alpha value is -1.89. The highest BCUT2D eigenvalue weighted by molar-refractivity contribution is 7.09. The number of alkyl carbamates (subject to hydrolysis) is 1. The summed E-state index contributed by atoms with van der Waals surface area (Å²) in [4.78, 5) is 26.5. The number of carbonyl (C=O) groups excluding carboxylic acids is 1. The van der Waals surface area contributed by atoms with Crippen LogP contribution in [0.1, 0.15) is 23.7 Å². The third-order valence-corrected chi connectivity index (χ3v) is 3.02. The minimum atomic E-state index is -1.20. The number of hydrogen-bond donors (Lipinski definition) is 2. The molecule has 1 aromatic heterocycles. The number of aromatic nitrogens is 1. The number of nitrogens with one attached hydrogen (secondary N) is 1. The van der Waals surface area contributed by atoms with Gasteiger partial charge in [0, 0.05) is 5.38 Å². The first-order chi connectivity index (χ1) is 8.58. The van der Waals surface area contributed by atoms with Gasteiger partial charge in [-0.05, 0) is 6.42 Å². The van der Waals surface area contributed by atoms with Gasteiger partial charge >= 0.3 is 12.1 Å². The lowest BCUT2D eigenvalue weighted by Gasteiger charge is -2.11. The van der Waals surface area contributed by atoms with Crippen molar-refractivity contribution in [2.24, 2.45) is 0 Å². The van der Waals surface area contributed by atoms with Crippen molar-refractivity contribution in [2.45, 2.75) is 19.4 Å². The molecule has 98 valence electrons. The van der Waals surface area contributed by atoms with E-state index in [0.717, 1.165) is 11.4 Å². The Morgan fingerprint density at radius 3 is 2.94 bits per heavy atom. The van der Waals surface area contributed by atoms with Crippen LogP contribution < -0.4 is 5.32 Å². The molecule has 1 atom stereocenters. The Bertz CT molecular complexity index is 444. The van der Waals surface area contributed by atoms with E-state index in [-0.39, 0.29) is 6.61 Å². The van der Waals surface area contributed by atoms with Gasteiger partial charge in [-0.15, -0.1) is 11.3 Å². The van der Waals surface area contributed by atoms with Crippen LogP contribution in [0.5, 0.6) is 0 Å². The molecule has 2 N–H and O–H groups in total. The standard InChI is InChI=1S/C11H14N2O4S/c1-3-5-17-11(16)13-9(10(14)15)7-6-18-8(4-2)12-7/h3,6,9H,1,4-5H2,2H3,(H,13,16)(H,14,15). The molecule has 0 radical (unpaired) electrons. The van der Waals surface area contributed by atoms with E-state index in [1.807, 2.05) is 6.92 Å². The molecular formula is C11H14N2O4S. The number of aryl methyl sites for hydroxylation is 1. The number of carboxylic acids is 1. The number of hydrogen-bond acceptors (Lipinski definition) is 5. The second-order valence-corrected chi connectivity index (χ2v) is 4.27. The molecule has 0 saturated carbocycles. The monoisotopic (exact) mass is 270 g/mol. The zero-order chi connectivity index (χ0) is 13.5. The van der Waals surface area contributed by atoms with Crippen molar-refractivity contribution in [3.8, 4) is 0 Å². The fourth-order valence-electron chi connectivity index (χ4n) is 1.18. The van der Waals surface area contributed by atoms with Crippen molar-refractivity contribution in [3.63, 3.8) is 0 Å². The molecule has 18 heavy (non-hydrogen) atoms. The van der Waals surface area contributed by atoms with Crippen molar-refractivity contribution in [1.82, 2.24) is 10.3 Å². The van der Waals surface area contributed by atoms with E-state index in [4.69, 9.17) is 5.11 Å². The molecule has 0 aliphatic carbocycles. The molecule has 0 aliphatic rings. The molecule has 1 aromatic rings. The first-order valence-corrected chi connectivity index (χ1v) is 6.17.